The summed E-state index contributed by atoms with van der Waals surface area (Å²) < 4.78 is 5.20. The first kappa shape index (κ1) is 13.3. The third kappa shape index (κ3) is 4.40. The zero-order chi connectivity index (χ0) is 12.0. The topological polar surface area (TPSA) is 67.4 Å². The monoisotopic (exact) mass is 246 g/mol. The van der Waals surface area contributed by atoms with Gasteiger partial charge < -0.3 is 15.4 Å². The van der Waals surface area contributed by atoms with Crippen LogP contribution in [-0.2, 0) is 14.3 Å². The number of hydrogen-bond donors (Lipinski definition) is 3. The van der Waals surface area contributed by atoms with Crippen molar-refractivity contribution >= 4 is 24.4 Å². The van der Waals surface area contributed by atoms with E-state index < -0.39 is 6.04 Å². The highest BCUT2D eigenvalue weighted by atomic mass is 32.1. The molecule has 0 aromatic carbocycles. The Bertz CT molecular complexity index is 254. The van der Waals surface area contributed by atoms with E-state index in [-0.39, 0.29) is 11.8 Å². The smallest absolute Gasteiger partial charge is 0.243 e. The molecule has 0 bridgehead atoms. The van der Waals surface area contributed by atoms with Crippen molar-refractivity contribution in [2.75, 3.05) is 25.5 Å². The van der Waals surface area contributed by atoms with E-state index >= 15 is 0 Å². The van der Waals surface area contributed by atoms with Crippen molar-refractivity contribution < 1.29 is 14.3 Å². The lowest BCUT2D eigenvalue weighted by Crippen LogP contribution is -2.48. The predicted octanol–water partition coefficient (Wildman–Crippen LogP) is -0.426. The molecule has 0 spiro atoms. The minimum absolute atomic E-state index is 0.183. The molecule has 16 heavy (non-hydrogen) atoms. The Morgan fingerprint density at radius 3 is 2.81 bits per heavy atom. The van der Waals surface area contributed by atoms with E-state index in [0.717, 1.165) is 13.0 Å². The van der Waals surface area contributed by atoms with Gasteiger partial charge in [-0.05, 0) is 6.42 Å². The normalized spacial score (nSPS) is 21.5. The lowest BCUT2D eigenvalue weighted by molar-refractivity contribution is -0.127. The van der Waals surface area contributed by atoms with E-state index in [1.54, 1.807) is 0 Å². The first-order valence-electron chi connectivity index (χ1n) is 5.37. The first-order valence-corrected chi connectivity index (χ1v) is 6.00. The minimum Gasteiger partial charge on any atom is -0.381 e. The van der Waals surface area contributed by atoms with Gasteiger partial charge in [-0.1, -0.05) is 0 Å². The van der Waals surface area contributed by atoms with Crippen LogP contribution in [0.15, 0.2) is 0 Å². The van der Waals surface area contributed by atoms with Crippen LogP contribution in [-0.4, -0.2) is 43.4 Å². The Morgan fingerprint density at radius 1 is 1.56 bits per heavy atom. The molecule has 1 heterocycles. The summed E-state index contributed by atoms with van der Waals surface area (Å²) in [5, 5.41) is 5.34. The van der Waals surface area contributed by atoms with Crippen LogP contribution in [0.2, 0.25) is 0 Å². The molecule has 1 aliphatic rings. The molecule has 1 fully saturated rings. The summed E-state index contributed by atoms with van der Waals surface area (Å²) in [7, 11) is 0. The Morgan fingerprint density at radius 2 is 2.31 bits per heavy atom. The molecule has 0 radical (unpaired) electrons. The molecular formula is C10H18N2O3S. The van der Waals surface area contributed by atoms with Gasteiger partial charge in [0.15, 0.2) is 0 Å². The number of amides is 2. The molecule has 1 saturated heterocycles. The van der Waals surface area contributed by atoms with Gasteiger partial charge in [0.2, 0.25) is 11.8 Å². The van der Waals surface area contributed by atoms with E-state index in [9.17, 15) is 9.59 Å². The van der Waals surface area contributed by atoms with Crippen LogP contribution in [0.25, 0.3) is 0 Å². The van der Waals surface area contributed by atoms with Crippen LogP contribution in [0, 0.1) is 5.92 Å². The summed E-state index contributed by atoms with van der Waals surface area (Å²) in [6.45, 7) is 3.45. The van der Waals surface area contributed by atoms with E-state index in [1.165, 1.54) is 6.92 Å². The second-order valence-electron chi connectivity index (χ2n) is 3.91. The van der Waals surface area contributed by atoms with Crippen molar-refractivity contribution in [1.29, 1.82) is 0 Å². The van der Waals surface area contributed by atoms with Crippen LogP contribution in [0.1, 0.15) is 13.3 Å². The molecule has 2 N–H and O–H groups in total. The summed E-state index contributed by atoms with van der Waals surface area (Å²) in [5.41, 5.74) is 0. The number of hydrogen-bond acceptors (Lipinski definition) is 4. The maximum absolute atomic E-state index is 11.7. The van der Waals surface area contributed by atoms with Crippen molar-refractivity contribution in [2.24, 2.45) is 5.92 Å². The predicted molar refractivity (Wildman–Crippen MR) is 63.4 cm³/mol. The number of thiol groups is 1. The maximum Gasteiger partial charge on any atom is 0.243 e. The third-order valence-electron chi connectivity index (χ3n) is 2.47. The van der Waals surface area contributed by atoms with Crippen molar-refractivity contribution in [3.63, 3.8) is 0 Å². The summed E-state index contributed by atoms with van der Waals surface area (Å²) >= 11 is 4.03. The van der Waals surface area contributed by atoms with Crippen molar-refractivity contribution in [3.05, 3.63) is 0 Å². The summed E-state index contributed by atoms with van der Waals surface area (Å²) in [5.74, 6) is 0.282. The SMILES string of the molecule is CC(=O)NC(CS)C(=O)NCC1CCOC1. The summed E-state index contributed by atoms with van der Waals surface area (Å²) in [6.07, 6.45) is 0.978. The zero-order valence-corrected chi connectivity index (χ0v) is 10.3. The van der Waals surface area contributed by atoms with Crippen molar-refractivity contribution in [3.8, 4) is 0 Å². The number of rotatable bonds is 5. The molecule has 2 atom stereocenters. The van der Waals surface area contributed by atoms with Crippen LogP contribution in [0.4, 0.5) is 0 Å². The second kappa shape index (κ2) is 6.75. The molecule has 2 amide bonds. The average molecular weight is 246 g/mol. The molecule has 0 saturated carbocycles. The number of nitrogens with one attached hydrogen (secondary N) is 2. The van der Waals surface area contributed by atoms with Crippen LogP contribution in [0.3, 0.4) is 0 Å². The molecule has 2 unspecified atom stereocenters. The van der Waals surface area contributed by atoms with Gasteiger partial charge in [-0.25, -0.2) is 0 Å². The van der Waals surface area contributed by atoms with Crippen LogP contribution < -0.4 is 10.6 Å². The zero-order valence-electron chi connectivity index (χ0n) is 9.36. The fourth-order valence-corrected chi connectivity index (χ4v) is 1.81. The Balaban J connectivity index is 2.28. The second-order valence-corrected chi connectivity index (χ2v) is 4.28. The highest BCUT2D eigenvalue weighted by Gasteiger charge is 2.20. The molecule has 0 aliphatic carbocycles. The molecule has 6 heteroatoms. The van der Waals surface area contributed by atoms with Crippen molar-refractivity contribution in [1.82, 2.24) is 10.6 Å². The number of ether oxygens (including phenoxy) is 1. The van der Waals surface area contributed by atoms with Gasteiger partial charge in [0.05, 0.1) is 6.61 Å². The van der Waals surface area contributed by atoms with Crippen LogP contribution in [0.5, 0.6) is 0 Å². The van der Waals surface area contributed by atoms with Gasteiger partial charge in [-0.2, -0.15) is 12.6 Å². The molecular weight excluding hydrogens is 228 g/mol. The standard InChI is InChI=1S/C10H18N2O3S/c1-7(13)12-9(6-16)10(14)11-4-8-2-3-15-5-8/h8-9,16H,2-6H2,1H3,(H,11,14)(H,12,13). The van der Waals surface area contributed by atoms with Gasteiger partial charge >= 0.3 is 0 Å². The lowest BCUT2D eigenvalue weighted by atomic mass is 10.1. The third-order valence-corrected chi connectivity index (χ3v) is 2.83. The molecule has 5 nitrogen and oxygen atoms in total. The largest absolute Gasteiger partial charge is 0.381 e. The van der Waals surface area contributed by atoms with Crippen LogP contribution >= 0.6 is 12.6 Å². The highest BCUT2D eigenvalue weighted by molar-refractivity contribution is 7.80. The fraction of sp³-hybridized carbons (Fsp3) is 0.800. The van der Waals surface area contributed by atoms with E-state index in [2.05, 4.69) is 23.3 Å². The minimum atomic E-state index is -0.553. The van der Waals surface area contributed by atoms with Gasteiger partial charge in [-0.3, -0.25) is 9.59 Å². The molecule has 0 aromatic rings. The fourth-order valence-electron chi connectivity index (χ4n) is 1.55. The number of carbonyl (C=O) groups excluding carboxylic acids is 2. The molecule has 92 valence electrons. The Labute approximate surface area is 101 Å². The average Bonchev–Trinajstić information content (AvgIpc) is 2.75. The number of carbonyl (C=O) groups is 2. The summed E-state index contributed by atoms with van der Waals surface area (Å²) in [6, 6.07) is -0.553. The maximum atomic E-state index is 11.7. The lowest BCUT2D eigenvalue weighted by Gasteiger charge is -2.16. The molecule has 1 aliphatic heterocycles. The van der Waals surface area contributed by atoms with Gasteiger partial charge in [0.25, 0.3) is 0 Å². The first-order chi connectivity index (χ1) is 7.63. The quantitative estimate of drug-likeness (QED) is 0.577. The summed E-state index contributed by atoms with van der Waals surface area (Å²) in [4.78, 5) is 22.5. The van der Waals surface area contributed by atoms with E-state index in [4.69, 9.17) is 4.74 Å². The highest BCUT2D eigenvalue weighted by Crippen LogP contribution is 2.10. The molecule has 0 aromatic heterocycles. The Kier molecular flexibility index (Phi) is 5.62. The van der Waals surface area contributed by atoms with E-state index in [0.29, 0.717) is 24.8 Å². The molecule has 1 rings (SSSR count). The van der Waals surface area contributed by atoms with Gasteiger partial charge in [0, 0.05) is 31.7 Å². The van der Waals surface area contributed by atoms with Gasteiger partial charge in [0.1, 0.15) is 6.04 Å². The van der Waals surface area contributed by atoms with E-state index in [1.807, 2.05) is 0 Å². The van der Waals surface area contributed by atoms with Crippen molar-refractivity contribution in [2.45, 2.75) is 19.4 Å². The van der Waals surface area contributed by atoms with Gasteiger partial charge in [-0.15, -0.1) is 0 Å². The Hall–Kier alpha value is -0.750.